The highest BCUT2D eigenvalue weighted by Crippen LogP contribution is 2.13. The molecule has 0 heterocycles. The van der Waals surface area contributed by atoms with Crippen molar-refractivity contribution in [2.24, 2.45) is 5.92 Å². The third-order valence-corrected chi connectivity index (χ3v) is 2.87. The third-order valence-electron chi connectivity index (χ3n) is 2.87. The lowest BCUT2D eigenvalue weighted by Gasteiger charge is -2.07. The molecule has 16 heavy (non-hydrogen) atoms. The maximum Gasteiger partial charge on any atom is 0.0433 e. The summed E-state index contributed by atoms with van der Waals surface area (Å²) in [4.78, 5) is 0. The fourth-order valence-electron chi connectivity index (χ4n) is 1.67. The molecule has 0 aliphatic heterocycles. The van der Waals surface area contributed by atoms with Gasteiger partial charge >= 0.3 is 0 Å². The first-order chi connectivity index (χ1) is 7.56. The molecule has 1 atom stereocenters. The first-order valence-corrected chi connectivity index (χ1v) is 6.46. The summed E-state index contributed by atoms with van der Waals surface area (Å²) in [6, 6.07) is 0. The molecular formula is C15H28O. The number of rotatable bonds is 8. The second-order valence-corrected chi connectivity index (χ2v) is 5.07. The van der Waals surface area contributed by atoms with Gasteiger partial charge in [-0.2, -0.15) is 0 Å². The molecule has 0 spiro atoms. The molecule has 0 rings (SSSR count). The Morgan fingerprint density at radius 1 is 1.06 bits per heavy atom. The minimum Gasteiger partial charge on any atom is -0.396 e. The molecule has 0 aromatic heterocycles. The van der Waals surface area contributed by atoms with Crippen LogP contribution in [0.25, 0.3) is 0 Å². The Morgan fingerprint density at radius 2 is 1.75 bits per heavy atom. The van der Waals surface area contributed by atoms with E-state index in [1.54, 1.807) is 0 Å². The first kappa shape index (κ1) is 15.4. The van der Waals surface area contributed by atoms with Gasteiger partial charge in [-0.15, -0.1) is 0 Å². The Labute approximate surface area is 101 Å². The second-order valence-electron chi connectivity index (χ2n) is 5.07. The topological polar surface area (TPSA) is 20.2 Å². The van der Waals surface area contributed by atoms with Crippen LogP contribution in [0.3, 0.4) is 0 Å². The maximum atomic E-state index is 8.79. The van der Waals surface area contributed by atoms with E-state index in [1.807, 2.05) is 0 Å². The molecule has 1 nitrogen and oxygen atoms in total. The molecule has 0 fully saturated rings. The molecule has 0 saturated carbocycles. The van der Waals surface area contributed by atoms with E-state index in [-0.39, 0.29) is 0 Å². The van der Waals surface area contributed by atoms with Gasteiger partial charge in [0.15, 0.2) is 0 Å². The summed E-state index contributed by atoms with van der Waals surface area (Å²) in [5, 5.41) is 8.79. The van der Waals surface area contributed by atoms with E-state index in [9.17, 15) is 0 Å². The van der Waals surface area contributed by atoms with Gasteiger partial charge in [0.1, 0.15) is 0 Å². The van der Waals surface area contributed by atoms with Crippen molar-refractivity contribution in [3.8, 4) is 0 Å². The van der Waals surface area contributed by atoms with Gasteiger partial charge in [0.05, 0.1) is 0 Å². The van der Waals surface area contributed by atoms with E-state index in [0.717, 1.165) is 19.3 Å². The number of allylic oxidation sites excluding steroid dienone is 4. The molecule has 0 aromatic rings. The molecule has 0 bridgehead atoms. The molecule has 0 aliphatic rings. The van der Waals surface area contributed by atoms with Gasteiger partial charge in [0.2, 0.25) is 0 Å². The highest BCUT2D eigenvalue weighted by Gasteiger charge is 1.99. The van der Waals surface area contributed by atoms with Crippen molar-refractivity contribution in [1.29, 1.82) is 0 Å². The van der Waals surface area contributed by atoms with Crippen LogP contribution in [-0.2, 0) is 0 Å². The van der Waals surface area contributed by atoms with E-state index >= 15 is 0 Å². The van der Waals surface area contributed by atoms with Crippen LogP contribution in [0.2, 0.25) is 0 Å². The Bertz CT molecular complexity index is 222. The summed E-state index contributed by atoms with van der Waals surface area (Å²) in [6.07, 6.45) is 10.3. The SMILES string of the molecule is CC(C)=CCC/C(C)=C\CC[C@H](C)CCO. The Morgan fingerprint density at radius 3 is 2.31 bits per heavy atom. The van der Waals surface area contributed by atoms with Crippen molar-refractivity contribution >= 4 is 0 Å². The largest absolute Gasteiger partial charge is 0.396 e. The van der Waals surface area contributed by atoms with E-state index in [0.29, 0.717) is 12.5 Å². The van der Waals surface area contributed by atoms with E-state index in [2.05, 4.69) is 39.8 Å². The van der Waals surface area contributed by atoms with Gasteiger partial charge in [-0.25, -0.2) is 0 Å². The number of hydrogen-bond donors (Lipinski definition) is 1. The van der Waals surface area contributed by atoms with E-state index in [1.165, 1.54) is 24.0 Å². The van der Waals surface area contributed by atoms with Crippen LogP contribution in [-0.4, -0.2) is 11.7 Å². The lowest BCUT2D eigenvalue weighted by atomic mass is 10.0. The minimum atomic E-state index is 0.324. The van der Waals surface area contributed by atoms with Crippen molar-refractivity contribution in [3.05, 3.63) is 23.3 Å². The zero-order valence-electron chi connectivity index (χ0n) is 11.4. The lowest BCUT2D eigenvalue weighted by Crippen LogP contribution is -1.97. The van der Waals surface area contributed by atoms with Gasteiger partial charge in [-0.3, -0.25) is 0 Å². The molecule has 0 amide bonds. The molecule has 0 radical (unpaired) electrons. The summed E-state index contributed by atoms with van der Waals surface area (Å²) in [7, 11) is 0. The number of aliphatic hydroxyl groups excluding tert-OH is 1. The molecule has 1 heteroatoms. The molecule has 0 aliphatic carbocycles. The average Bonchev–Trinajstić information content (AvgIpc) is 2.17. The Balaban J connectivity index is 3.66. The fourth-order valence-corrected chi connectivity index (χ4v) is 1.67. The highest BCUT2D eigenvalue weighted by atomic mass is 16.3. The van der Waals surface area contributed by atoms with Crippen molar-refractivity contribution in [3.63, 3.8) is 0 Å². The average molecular weight is 224 g/mol. The predicted molar refractivity (Wildman–Crippen MR) is 72.5 cm³/mol. The van der Waals surface area contributed by atoms with Crippen LogP contribution in [0.15, 0.2) is 23.3 Å². The number of hydrogen-bond acceptors (Lipinski definition) is 1. The second kappa shape index (κ2) is 9.65. The molecular weight excluding hydrogens is 196 g/mol. The smallest absolute Gasteiger partial charge is 0.0433 e. The maximum absolute atomic E-state index is 8.79. The van der Waals surface area contributed by atoms with Crippen molar-refractivity contribution in [1.82, 2.24) is 0 Å². The van der Waals surface area contributed by atoms with E-state index in [4.69, 9.17) is 5.11 Å². The lowest BCUT2D eigenvalue weighted by molar-refractivity contribution is 0.259. The van der Waals surface area contributed by atoms with Gasteiger partial charge < -0.3 is 5.11 Å². The van der Waals surface area contributed by atoms with Crippen molar-refractivity contribution < 1.29 is 5.11 Å². The van der Waals surface area contributed by atoms with Crippen LogP contribution in [0.1, 0.15) is 59.8 Å². The Kier molecular flexibility index (Phi) is 9.31. The van der Waals surface area contributed by atoms with Crippen LogP contribution >= 0.6 is 0 Å². The van der Waals surface area contributed by atoms with Gasteiger partial charge in [0, 0.05) is 6.61 Å². The molecule has 94 valence electrons. The molecule has 0 unspecified atom stereocenters. The van der Waals surface area contributed by atoms with Gasteiger partial charge in [-0.05, 0) is 58.8 Å². The summed E-state index contributed by atoms with van der Waals surface area (Å²) < 4.78 is 0. The van der Waals surface area contributed by atoms with E-state index < -0.39 is 0 Å². The quantitative estimate of drug-likeness (QED) is 0.603. The Hall–Kier alpha value is -0.560. The predicted octanol–water partition coefficient (Wildman–Crippen LogP) is 4.48. The van der Waals surface area contributed by atoms with Crippen LogP contribution in [0.5, 0.6) is 0 Å². The molecule has 1 N–H and O–H groups in total. The summed E-state index contributed by atoms with van der Waals surface area (Å²) in [5.74, 6) is 0.645. The van der Waals surface area contributed by atoms with Crippen LogP contribution < -0.4 is 0 Å². The zero-order chi connectivity index (χ0) is 12.4. The van der Waals surface area contributed by atoms with Crippen molar-refractivity contribution in [2.75, 3.05) is 6.61 Å². The van der Waals surface area contributed by atoms with Crippen LogP contribution in [0.4, 0.5) is 0 Å². The van der Waals surface area contributed by atoms with Crippen molar-refractivity contribution in [2.45, 2.75) is 59.8 Å². The zero-order valence-corrected chi connectivity index (χ0v) is 11.4. The highest BCUT2D eigenvalue weighted by molar-refractivity contribution is 5.02. The van der Waals surface area contributed by atoms with Crippen LogP contribution in [0, 0.1) is 5.92 Å². The number of aliphatic hydroxyl groups is 1. The van der Waals surface area contributed by atoms with Gasteiger partial charge in [0.25, 0.3) is 0 Å². The molecule has 0 aromatic carbocycles. The first-order valence-electron chi connectivity index (χ1n) is 6.46. The standard InChI is InChI=1S/C15H28O/c1-13(2)7-5-8-14(3)9-6-10-15(4)11-12-16/h7,9,15-16H,5-6,8,10-12H2,1-4H3/b14-9-/t15-/m0/s1. The van der Waals surface area contributed by atoms with Gasteiger partial charge in [-0.1, -0.05) is 30.2 Å². The third kappa shape index (κ3) is 9.97. The summed E-state index contributed by atoms with van der Waals surface area (Å²) in [6.45, 7) is 9.05. The molecule has 0 saturated heterocycles. The monoisotopic (exact) mass is 224 g/mol. The summed E-state index contributed by atoms with van der Waals surface area (Å²) >= 11 is 0. The fraction of sp³-hybridized carbons (Fsp3) is 0.733. The summed E-state index contributed by atoms with van der Waals surface area (Å²) in [5.41, 5.74) is 2.90. The minimum absolute atomic E-state index is 0.324. The normalized spacial score (nSPS) is 13.7.